The number of nitrogens with one attached hydrogen (secondary N) is 1. The summed E-state index contributed by atoms with van der Waals surface area (Å²) in [7, 11) is 6.15. The van der Waals surface area contributed by atoms with Gasteiger partial charge < -0.3 is 15.6 Å². The predicted molar refractivity (Wildman–Crippen MR) is 119 cm³/mol. The van der Waals surface area contributed by atoms with Crippen molar-refractivity contribution in [1.82, 2.24) is 14.9 Å². The molecule has 3 aromatic rings. The van der Waals surface area contributed by atoms with Crippen LogP contribution in [0.1, 0.15) is 42.7 Å². The maximum atomic E-state index is 5.84. The molecular weight excluding hydrogens is 346 g/mol. The van der Waals surface area contributed by atoms with E-state index in [-0.39, 0.29) is 0 Å². The second-order valence-corrected chi connectivity index (χ2v) is 8.01. The molecular formula is C23H29N5. The Morgan fingerprint density at radius 2 is 2.04 bits per heavy atom. The smallest absolute Gasteiger partial charge is 0.138 e. The number of hydrogen-bond acceptors (Lipinski definition) is 4. The summed E-state index contributed by atoms with van der Waals surface area (Å²) in [5.41, 5.74) is 10.2. The molecule has 0 bridgehead atoms. The van der Waals surface area contributed by atoms with Crippen LogP contribution in [-0.2, 0) is 0 Å². The zero-order valence-electron chi connectivity index (χ0n) is 16.9. The minimum absolute atomic E-state index is 0.586. The number of allylic oxidation sites excluding steroid dienone is 1. The summed E-state index contributed by atoms with van der Waals surface area (Å²) in [5.74, 6) is 0.586. The van der Waals surface area contributed by atoms with E-state index in [4.69, 9.17) is 5.73 Å². The number of nitrogens with zero attached hydrogens (tertiary/aromatic N) is 3. The molecule has 2 heterocycles. The number of aromatic amines is 1. The van der Waals surface area contributed by atoms with Crippen LogP contribution in [0.15, 0.2) is 41.8 Å². The van der Waals surface area contributed by atoms with Crippen LogP contribution in [0.3, 0.4) is 0 Å². The van der Waals surface area contributed by atoms with Gasteiger partial charge in [-0.15, -0.1) is 0 Å². The lowest BCUT2D eigenvalue weighted by atomic mass is 9.81. The van der Waals surface area contributed by atoms with Crippen molar-refractivity contribution >= 4 is 33.6 Å². The molecule has 2 aromatic heterocycles. The van der Waals surface area contributed by atoms with Gasteiger partial charge in [-0.25, -0.2) is 4.98 Å². The quantitative estimate of drug-likeness (QED) is 0.668. The Morgan fingerprint density at radius 1 is 1.25 bits per heavy atom. The normalized spacial score (nSPS) is 21.4. The monoisotopic (exact) mass is 375 g/mol. The van der Waals surface area contributed by atoms with Crippen molar-refractivity contribution in [3.63, 3.8) is 0 Å². The minimum Gasteiger partial charge on any atom is -0.404 e. The number of pyridine rings is 1. The number of rotatable bonds is 4. The van der Waals surface area contributed by atoms with Crippen LogP contribution in [0.2, 0.25) is 0 Å². The van der Waals surface area contributed by atoms with Gasteiger partial charge in [0.2, 0.25) is 0 Å². The number of H-pyrrole nitrogens is 1. The lowest BCUT2D eigenvalue weighted by molar-refractivity contribution is 0.217. The first-order valence-corrected chi connectivity index (χ1v) is 10.0. The highest BCUT2D eigenvalue weighted by Crippen LogP contribution is 2.39. The minimum atomic E-state index is 0.586. The van der Waals surface area contributed by atoms with Gasteiger partial charge in [-0.2, -0.15) is 0 Å². The van der Waals surface area contributed by atoms with Gasteiger partial charge in [-0.05, 0) is 68.3 Å². The fraction of sp³-hybridized carbons (Fsp3) is 0.391. The number of aliphatic imine (C=N–C) groups is 1. The van der Waals surface area contributed by atoms with Gasteiger partial charge >= 0.3 is 0 Å². The summed E-state index contributed by atoms with van der Waals surface area (Å²) in [6, 6.07) is 7.14. The molecule has 0 saturated heterocycles. The third-order valence-electron chi connectivity index (χ3n) is 6.19. The standard InChI is InChI=1S/C23H29N5/c1-25-12-18(11-24)16-4-5-17-13-26-23-22(20(17)10-16)21(14-27-23)15-6-8-19(9-7-15)28(2)3/h4-5,10-15,19H,6-9,24H2,1-3H3,(H,26,27)/b18-11+,25-12?. The number of nitrogens with two attached hydrogens (primary N) is 1. The number of benzene rings is 1. The van der Waals surface area contributed by atoms with Crippen LogP contribution in [0, 0.1) is 0 Å². The van der Waals surface area contributed by atoms with Crippen LogP contribution in [0.25, 0.3) is 27.4 Å². The van der Waals surface area contributed by atoms with E-state index in [1.54, 1.807) is 19.5 Å². The molecule has 0 amide bonds. The van der Waals surface area contributed by atoms with E-state index in [2.05, 4.69) is 58.4 Å². The Hall–Kier alpha value is -2.66. The molecule has 28 heavy (non-hydrogen) atoms. The highest BCUT2D eigenvalue weighted by atomic mass is 15.1. The molecule has 1 saturated carbocycles. The first-order valence-electron chi connectivity index (χ1n) is 10.0. The molecule has 0 radical (unpaired) electrons. The Bertz CT molecular complexity index is 1040. The molecule has 1 fully saturated rings. The zero-order chi connectivity index (χ0) is 19.7. The Balaban J connectivity index is 1.79. The summed E-state index contributed by atoms with van der Waals surface area (Å²) in [6.45, 7) is 0. The fourth-order valence-electron chi connectivity index (χ4n) is 4.59. The molecule has 1 aromatic carbocycles. The average molecular weight is 376 g/mol. The SMILES string of the molecule is CN=C/C(=C\N)c1ccc2cnc3[nH]cc(C4CCC(N(C)C)CC4)c3c2c1. The summed E-state index contributed by atoms with van der Waals surface area (Å²) in [6.07, 6.45) is 12.5. The summed E-state index contributed by atoms with van der Waals surface area (Å²) >= 11 is 0. The lowest BCUT2D eigenvalue weighted by Gasteiger charge is -2.32. The average Bonchev–Trinajstić information content (AvgIpc) is 3.16. The highest BCUT2D eigenvalue weighted by molar-refractivity contribution is 6.13. The maximum absolute atomic E-state index is 5.84. The van der Waals surface area contributed by atoms with Crippen molar-refractivity contribution in [3.8, 4) is 0 Å². The van der Waals surface area contributed by atoms with Gasteiger partial charge in [0.15, 0.2) is 0 Å². The van der Waals surface area contributed by atoms with E-state index in [9.17, 15) is 0 Å². The number of fused-ring (bicyclic) bond motifs is 3. The molecule has 0 spiro atoms. The van der Waals surface area contributed by atoms with Crippen molar-refractivity contribution < 1.29 is 0 Å². The van der Waals surface area contributed by atoms with Crippen LogP contribution in [0.4, 0.5) is 0 Å². The molecule has 0 aliphatic heterocycles. The van der Waals surface area contributed by atoms with E-state index in [0.717, 1.165) is 22.2 Å². The summed E-state index contributed by atoms with van der Waals surface area (Å²) in [5, 5.41) is 3.65. The second-order valence-electron chi connectivity index (χ2n) is 8.01. The lowest BCUT2D eigenvalue weighted by Crippen LogP contribution is -2.31. The highest BCUT2D eigenvalue weighted by Gasteiger charge is 2.26. The molecule has 4 rings (SSSR count). The third kappa shape index (κ3) is 3.31. The topological polar surface area (TPSA) is 70.3 Å². The fourth-order valence-corrected chi connectivity index (χ4v) is 4.59. The maximum Gasteiger partial charge on any atom is 0.138 e. The van der Waals surface area contributed by atoms with Gasteiger partial charge in [-0.3, -0.25) is 4.99 Å². The Kier molecular flexibility index (Phi) is 5.18. The summed E-state index contributed by atoms with van der Waals surface area (Å²) < 4.78 is 0. The molecule has 5 nitrogen and oxygen atoms in total. The molecule has 5 heteroatoms. The first kappa shape index (κ1) is 18.7. The van der Waals surface area contributed by atoms with Crippen molar-refractivity contribution in [2.45, 2.75) is 37.6 Å². The van der Waals surface area contributed by atoms with Crippen LogP contribution >= 0.6 is 0 Å². The van der Waals surface area contributed by atoms with Crippen LogP contribution in [-0.4, -0.2) is 48.3 Å². The van der Waals surface area contributed by atoms with Gasteiger partial charge in [0.1, 0.15) is 5.65 Å². The molecule has 1 aliphatic rings. The van der Waals surface area contributed by atoms with E-state index in [1.165, 1.54) is 42.0 Å². The van der Waals surface area contributed by atoms with E-state index >= 15 is 0 Å². The molecule has 3 N–H and O–H groups in total. The van der Waals surface area contributed by atoms with Crippen LogP contribution < -0.4 is 5.73 Å². The second kappa shape index (κ2) is 7.76. The van der Waals surface area contributed by atoms with Crippen molar-refractivity contribution in [1.29, 1.82) is 0 Å². The molecule has 146 valence electrons. The molecule has 1 aliphatic carbocycles. The van der Waals surface area contributed by atoms with E-state index in [0.29, 0.717) is 12.0 Å². The largest absolute Gasteiger partial charge is 0.404 e. The summed E-state index contributed by atoms with van der Waals surface area (Å²) in [4.78, 5) is 14.6. The Morgan fingerprint density at radius 3 is 2.71 bits per heavy atom. The van der Waals surface area contributed by atoms with E-state index < -0.39 is 0 Å². The third-order valence-corrected chi connectivity index (χ3v) is 6.19. The Labute approximate surface area is 166 Å². The van der Waals surface area contributed by atoms with Gasteiger partial charge in [0.05, 0.1) is 0 Å². The van der Waals surface area contributed by atoms with Crippen molar-refractivity contribution in [2.75, 3.05) is 21.1 Å². The van der Waals surface area contributed by atoms with Gasteiger partial charge in [0, 0.05) is 54.2 Å². The molecule has 0 unspecified atom stereocenters. The zero-order valence-corrected chi connectivity index (χ0v) is 16.9. The van der Waals surface area contributed by atoms with Crippen LogP contribution in [0.5, 0.6) is 0 Å². The first-order chi connectivity index (χ1) is 13.6. The van der Waals surface area contributed by atoms with E-state index in [1.807, 2.05) is 6.20 Å². The van der Waals surface area contributed by atoms with Crippen molar-refractivity contribution in [3.05, 3.63) is 47.9 Å². The number of aromatic nitrogens is 2. The molecule has 0 atom stereocenters. The number of hydrogen-bond donors (Lipinski definition) is 2. The van der Waals surface area contributed by atoms with Gasteiger partial charge in [0.25, 0.3) is 0 Å². The predicted octanol–water partition coefficient (Wildman–Crippen LogP) is 4.30. The van der Waals surface area contributed by atoms with Crippen molar-refractivity contribution in [2.24, 2.45) is 10.7 Å². The van der Waals surface area contributed by atoms with Gasteiger partial charge in [-0.1, -0.05) is 12.1 Å².